The molecule has 5 aromatic carbocycles. The Labute approximate surface area is 309 Å². The Balaban J connectivity index is 1.31. The fraction of sp³-hybridized carbons (Fsp3) is 0.225. The van der Waals surface area contributed by atoms with E-state index in [0.29, 0.717) is 13.2 Å². The maximum absolute atomic E-state index is 14.7. The number of carbonyl (C=O) groups is 1. The van der Waals surface area contributed by atoms with E-state index in [-0.39, 0.29) is 52.6 Å². The summed E-state index contributed by atoms with van der Waals surface area (Å²) in [6.07, 6.45) is 0.860. The number of rotatable bonds is 12. The molecule has 7 rings (SSSR count). The van der Waals surface area contributed by atoms with Crippen molar-refractivity contribution in [3.63, 3.8) is 0 Å². The minimum atomic E-state index is -4.54. The summed E-state index contributed by atoms with van der Waals surface area (Å²) in [5, 5.41) is 3.54. The number of aryl methyl sites for hydroxylation is 2. The van der Waals surface area contributed by atoms with Crippen LogP contribution in [0.25, 0.3) is 0 Å². The molecular formula is C40H38N2O9S2. The Kier molecular flexibility index (Phi) is 10.1. The van der Waals surface area contributed by atoms with Gasteiger partial charge in [-0.3, -0.25) is 4.79 Å². The van der Waals surface area contributed by atoms with E-state index in [1.165, 1.54) is 30.3 Å². The van der Waals surface area contributed by atoms with Crippen LogP contribution in [0.4, 0.5) is 5.69 Å². The lowest BCUT2D eigenvalue weighted by Crippen LogP contribution is -2.27. The Hall–Kier alpha value is -5.37. The van der Waals surface area contributed by atoms with E-state index in [1.807, 2.05) is 62.4 Å². The predicted molar refractivity (Wildman–Crippen MR) is 198 cm³/mol. The molecule has 13 heteroatoms. The molecule has 0 saturated carbocycles. The molecule has 11 nitrogen and oxygen atoms in total. The first-order valence-corrected chi connectivity index (χ1v) is 19.9. The number of amides is 1. The van der Waals surface area contributed by atoms with Crippen molar-refractivity contribution in [1.82, 2.24) is 4.90 Å². The van der Waals surface area contributed by atoms with Crippen molar-refractivity contribution in [2.24, 2.45) is 0 Å². The van der Waals surface area contributed by atoms with E-state index >= 15 is 0 Å². The molecule has 1 atom stereocenters. The zero-order valence-corrected chi connectivity index (χ0v) is 30.8. The molecule has 0 spiro atoms. The number of ether oxygens (including phenoxy) is 2. The Morgan fingerprint density at radius 2 is 1.42 bits per heavy atom. The predicted octanol–water partition coefficient (Wildman–Crippen LogP) is 6.77. The Morgan fingerprint density at radius 3 is 2.06 bits per heavy atom. The van der Waals surface area contributed by atoms with Crippen LogP contribution >= 0.6 is 0 Å². The fourth-order valence-corrected chi connectivity index (χ4v) is 8.07. The summed E-state index contributed by atoms with van der Waals surface area (Å²) in [6.45, 7) is 5.30. The van der Waals surface area contributed by atoms with Crippen molar-refractivity contribution in [3.05, 3.63) is 143 Å². The third-order valence-corrected chi connectivity index (χ3v) is 11.6. The molecule has 2 heterocycles. The number of hydrogen-bond acceptors (Lipinski definition) is 10. The normalized spacial score (nSPS) is 15.5. The SMILES string of the molecule is Cc1ccc(S(=O)(=O)Oc2cc(OCc3ccccc3)c(C(=O)N3Cc4cccc(NC5CCOC5)c4C3)c(OS(=O)(=O)c3ccc(C)cc3)c2)cc1. The zero-order chi connectivity index (χ0) is 37.2. The molecule has 1 fully saturated rings. The van der Waals surface area contributed by atoms with E-state index < -0.39 is 31.9 Å². The van der Waals surface area contributed by atoms with Crippen LogP contribution in [-0.2, 0) is 44.7 Å². The largest absolute Gasteiger partial charge is 0.488 e. The first kappa shape index (κ1) is 36.0. The summed E-state index contributed by atoms with van der Waals surface area (Å²) in [5.74, 6) is -1.47. The number of nitrogens with zero attached hydrogens (tertiary/aromatic N) is 1. The van der Waals surface area contributed by atoms with Crippen molar-refractivity contribution in [2.45, 2.75) is 55.8 Å². The number of benzene rings is 5. The molecule has 2 aliphatic heterocycles. The van der Waals surface area contributed by atoms with Gasteiger partial charge < -0.3 is 28.1 Å². The molecule has 1 N–H and O–H groups in total. The smallest absolute Gasteiger partial charge is 0.339 e. The first-order valence-electron chi connectivity index (χ1n) is 17.1. The first-order chi connectivity index (χ1) is 25.4. The fourth-order valence-electron chi connectivity index (χ4n) is 6.22. The van der Waals surface area contributed by atoms with Gasteiger partial charge in [-0.1, -0.05) is 77.9 Å². The van der Waals surface area contributed by atoms with Gasteiger partial charge in [0.2, 0.25) is 0 Å². The van der Waals surface area contributed by atoms with Crippen molar-refractivity contribution in [3.8, 4) is 17.2 Å². The second-order valence-electron chi connectivity index (χ2n) is 13.1. The zero-order valence-electron chi connectivity index (χ0n) is 29.2. The Morgan fingerprint density at radius 1 is 0.774 bits per heavy atom. The lowest BCUT2D eigenvalue weighted by atomic mass is 10.1. The van der Waals surface area contributed by atoms with E-state index in [9.17, 15) is 21.6 Å². The van der Waals surface area contributed by atoms with E-state index in [0.717, 1.165) is 46.0 Å². The molecule has 5 aromatic rings. The Bertz CT molecular complexity index is 2340. The van der Waals surface area contributed by atoms with Gasteiger partial charge in [0, 0.05) is 37.5 Å². The van der Waals surface area contributed by atoms with Crippen molar-refractivity contribution < 1.29 is 39.5 Å². The molecule has 1 saturated heterocycles. The summed E-state index contributed by atoms with van der Waals surface area (Å²) in [5.41, 5.74) is 4.96. The van der Waals surface area contributed by atoms with Gasteiger partial charge in [0.15, 0.2) is 5.75 Å². The van der Waals surface area contributed by atoms with Gasteiger partial charge in [-0.25, -0.2) is 0 Å². The maximum Gasteiger partial charge on any atom is 0.339 e. The summed E-state index contributed by atoms with van der Waals surface area (Å²) >= 11 is 0. The van der Waals surface area contributed by atoms with Crippen LogP contribution < -0.4 is 18.4 Å². The van der Waals surface area contributed by atoms with Crippen LogP contribution in [0, 0.1) is 13.8 Å². The maximum atomic E-state index is 14.7. The molecule has 2 aliphatic rings. The highest BCUT2D eigenvalue weighted by Gasteiger charge is 2.34. The second-order valence-corrected chi connectivity index (χ2v) is 16.2. The third-order valence-electron chi connectivity index (χ3n) is 9.08. The van der Waals surface area contributed by atoms with Crippen molar-refractivity contribution >= 4 is 31.8 Å². The molecule has 0 bridgehead atoms. The van der Waals surface area contributed by atoms with Gasteiger partial charge in [0.25, 0.3) is 5.91 Å². The van der Waals surface area contributed by atoms with Crippen LogP contribution in [0.2, 0.25) is 0 Å². The summed E-state index contributed by atoms with van der Waals surface area (Å²) in [6, 6.07) is 29.6. The molecule has 1 amide bonds. The van der Waals surface area contributed by atoms with Crippen LogP contribution in [0.1, 0.15) is 44.6 Å². The van der Waals surface area contributed by atoms with Crippen molar-refractivity contribution in [1.29, 1.82) is 0 Å². The topological polar surface area (TPSA) is 138 Å². The molecule has 0 radical (unpaired) electrons. The standard InChI is InChI=1S/C40H38N2O9S2/c1-27-11-15-33(16-12-27)52(44,45)50-32-21-37(49-25-29-7-4-3-5-8-29)39(38(22-32)51-53(46,47)34-17-13-28(2)14-18-34)40(43)42-23-30-9-6-10-36(35(30)24-42)41-31-19-20-48-26-31/h3-18,21-22,31,41H,19-20,23-26H2,1-2H3. The third kappa shape index (κ3) is 8.17. The number of anilines is 1. The van der Waals surface area contributed by atoms with Gasteiger partial charge in [0.05, 0.1) is 12.6 Å². The average molecular weight is 755 g/mol. The summed E-state index contributed by atoms with van der Waals surface area (Å²) in [4.78, 5) is 16.0. The van der Waals surface area contributed by atoms with E-state index in [1.54, 1.807) is 29.2 Å². The molecule has 274 valence electrons. The minimum absolute atomic E-state index is 0.0306. The van der Waals surface area contributed by atoms with Gasteiger partial charge in [0.1, 0.15) is 33.5 Å². The van der Waals surface area contributed by atoms with Gasteiger partial charge >= 0.3 is 20.2 Å². The number of carbonyl (C=O) groups excluding carboxylic acids is 1. The van der Waals surface area contributed by atoms with E-state index in [2.05, 4.69) is 5.32 Å². The second kappa shape index (κ2) is 14.9. The lowest BCUT2D eigenvalue weighted by Gasteiger charge is -2.22. The van der Waals surface area contributed by atoms with Gasteiger partial charge in [-0.15, -0.1) is 0 Å². The highest BCUT2D eigenvalue weighted by Crippen LogP contribution is 2.40. The molecule has 53 heavy (non-hydrogen) atoms. The molecular weight excluding hydrogens is 717 g/mol. The summed E-state index contributed by atoms with van der Waals surface area (Å²) < 4.78 is 77.5. The number of nitrogens with one attached hydrogen (secondary N) is 1. The number of hydrogen-bond donors (Lipinski definition) is 1. The monoisotopic (exact) mass is 754 g/mol. The highest BCUT2D eigenvalue weighted by atomic mass is 32.2. The highest BCUT2D eigenvalue weighted by molar-refractivity contribution is 7.87. The molecule has 0 aliphatic carbocycles. The lowest BCUT2D eigenvalue weighted by molar-refractivity contribution is 0.0744. The van der Waals surface area contributed by atoms with Crippen molar-refractivity contribution in [2.75, 3.05) is 18.5 Å². The van der Waals surface area contributed by atoms with Crippen LogP contribution in [0.15, 0.2) is 119 Å². The molecule has 1 unspecified atom stereocenters. The quantitative estimate of drug-likeness (QED) is 0.136. The van der Waals surface area contributed by atoms with Crippen LogP contribution in [0.3, 0.4) is 0 Å². The van der Waals surface area contributed by atoms with Crippen LogP contribution in [-0.4, -0.2) is 46.9 Å². The number of fused-ring (bicyclic) bond motifs is 1. The molecule has 0 aromatic heterocycles. The minimum Gasteiger partial charge on any atom is -0.488 e. The van der Waals surface area contributed by atoms with Gasteiger partial charge in [-0.2, -0.15) is 16.8 Å². The summed E-state index contributed by atoms with van der Waals surface area (Å²) in [7, 11) is -8.94. The van der Waals surface area contributed by atoms with Crippen LogP contribution in [0.5, 0.6) is 17.2 Å². The average Bonchev–Trinajstić information content (AvgIpc) is 3.82. The van der Waals surface area contributed by atoms with E-state index in [4.69, 9.17) is 17.8 Å². The van der Waals surface area contributed by atoms with Gasteiger partial charge in [-0.05, 0) is 67.3 Å².